The molecular weight excluding hydrogens is 280 g/mol. The highest BCUT2D eigenvalue weighted by molar-refractivity contribution is 5.93. The fraction of sp³-hybridized carbons (Fsp3) is 0.562. The number of carbonyl (C=O) groups excluding carboxylic acids is 1. The second-order valence-corrected chi connectivity index (χ2v) is 6.23. The summed E-state index contributed by atoms with van der Waals surface area (Å²) in [5.41, 5.74) is 1.20. The molecule has 0 radical (unpaired) electrons. The summed E-state index contributed by atoms with van der Waals surface area (Å²) >= 11 is 0. The molecule has 1 spiro atoms. The van der Waals surface area contributed by atoms with E-state index in [1.54, 1.807) is 22.8 Å². The topological polar surface area (TPSA) is 59.7 Å². The minimum absolute atomic E-state index is 0.000506. The molecule has 0 aliphatic carbocycles. The minimum Gasteiger partial charge on any atom is -0.375 e. The Morgan fingerprint density at radius 2 is 2.14 bits per heavy atom. The summed E-state index contributed by atoms with van der Waals surface area (Å²) in [7, 11) is 0. The molecule has 2 fully saturated rings. The quantitative estimate of drug-likeness (QED) is 0.807. The molecule has 2 aliphatic heterocycles. The molecule has 1 amide bonds. The Bertz CT molecular complexity index is 657. The second kappa shape index (κ2) is 5.35. The zero-order valence-electron chi connectivity index (χ0n) is 12.6. The molecule has 0 bridgehead atoms. The summed E-state index contributed by atoms with van der Waals surface area (Å²) in [4.78, 5) is 18.8. The predicted molar refractivity (Wildman–Crippen MR) is 80.7 cm³/mol. The van der Waals surface area contributed by atoms with Crippen LogP contribution in [-0.2, 0) is 4.74 Å². The van der Waals surface area contributed by atoms with E-state index in [9.17, 15) is 4.79 Å². The largest absolute Gasteiger partial charge is 0.375 e. The van der Waals surface area contributed by atoms with Crippen molar-refractivity contribution in [2.45, 2.75) is 37.7 Å². The van der Waals surface area contributed by atoms with Crippen molar-refractivity contribution in [1.82, 2.24) is 19.5 Å². The molecule has 2 aromatic rings. The van der Waals surface area contributed by atoms with Crippen molar-refractivity contribution in [2.75, 3.05) is 19.7 Å². The standard InChI is InChI=1S/C16H20N4O2/c21-15(13-12-14-17-7-3-9-20(14)18-13)19-8-1-4-16(6-10-19)5-2-11-22-16/h3,7,9,12H,1-2,4-6,8,10-11H2/t16-/m1/s1. The first kappa shape index (κ1) is 13.7. The van der Waals surface area contributed by atoms with Gasteiger partial charge in [0.2, 0.25) is 0 Å². The van der Waals surface area contributed by atoms with E-state index in [1.807, 2.05) is 11.1 Å². The third-order valence-corrected chi connectivity index (χ3v) is 4.83. The third kappa shape index (κ3) is 2.37. The van der Waals surface area contributed by atoms with Gasteiger partial charge in [-0.25, -0.2) is 9.50 Å². The lowest BCUT2D eigenvalue weighted by Crippen LogP contribution is -2.34. The van der Waals surface area contributed by atoms with Crippen molar-refractivity contribution in [3.63, 3.8) is 0 Å². The number of ether oxygens (including phenoxy) is 1. The number of amides is 1. The van der Waals surface area contributed by atoms with Gasteiger partial charge < -0.3 is 9.64 Å². The van der Waals surface area contributed by atoms with E-state index in [2.05, 4.69) is 10.1 Å². The maximum Gasteiger partial charge on any atom is 0.274 e. The molecule has 22 heavy (non-hydrogen) atoms. The lowest BCUT2D eigenvalue weighted by atomic mass is 9.92. The average molecular weight is 300 g/mol. The summed E-state index contributed by atoms with van der Waals surface area (Å²) in [6, 6.07) is 3.57. The van der Waals surface area contributed by atoms with Gasteiger partial charge in [0, 0.05) is 38.2 Å². The van der Waals surface area contributed by atoms with Gasteiger partial charge in [0.05, 0.1) is 5.60 Å². The number of likely N-dealkylation sites (tertiary alicyclic amines) is 1. The van der Waals surface area contributed by atoms with Crippen molar-refractivity contribution in [2.24, 2.45) is 0 Å². The summed E-state index contributed by atoms with van der Waals surface area (Å²) in [5, 5.41) is 4.34. The molecule has 2 aliphatic rings. The van der Waals surface area contributed by atoms with Crippen molar-refractivity contribution in [3.05, 3.63) is 30.2 Å². The van der Waals surface area contributed by atoms with E-state index < -0.39 is 0 Å². The van der Waals surface area contributed by atoms with E-state index >= 15 is 0 Å². The SMILES string of the molecule is O=C(c1cc2ncccn2n1)N1CCC[C@@]2(CCCO2)CC1. The van der Waals surface area contributed by atoms with Gasteiger partial charge in [-0.15, -0.1) is 0 Å². The molecule has 2 saturated heterocycles. The van der Waals surface area contributed by atoms with Gasteiger partial charge in [0.15, 0.2) is 11.3 Å². The van der Waals surface area contributed by atoms with Gasteiger partial charge in [0.25, 0.3) is 5.91 Å². The number of hydrogen-bond acceptors (Lipinski definition) is 4. The van der Waals surface area contributed by atoms with Crippen LogP contribution >= 0.6 is 0 Å². The first-order valence-electron chi connectivity index (χ1n) is 7.99. The van der Waals surface area contributed by atoms with Crippen molar-refractivity contribution >= 4 is 11.6 Å². The molecular formula is C16H20N4O2. The zero-order chi connectivity index (χ0) is 15.0. The normalized spacial score (nSPS) is 25.7. The Morgan fingerprint density at radius 3 is 2.95 bits per heavy atom. The van der Waals surface area contributed by atoms with Crippen LogP contribution in [-0.4, -0.2) is 50.7 Å². The Balaban J connectivity index is 1.52. The number of carbonyl (C=O) groups is 1. The van der Waals surface area contributed by atoms with Gasteiger partial charge in [0.1, 0.15) is 0 Å². The third-order valence-electron chi connectivity index (χ3n) is 4.83. The Hall–Kier alpha value is -1.95. The maximum atomic E-state index is 12.7. The summed E-state index contributed by atoms with van der Waals surface area (Å²) < 4.78 is 7.62. The number of aromatic nitrogens is 3. The highest BCUT2D eigenvalue weighted by Crippen LogP contribution is 2.35. The van der Waals surface area contributed by atoms with Crippen LogP contribution in [0.25, 0.3) is 5.65 Å². The molecule has 6 heteroatoms. The van der Waals surface area contributed by atoms with Crippen LogP contribution in [0.15, 0.2) is 24.5 Å². The number of rotatable bonds is 1. The molecule has 0 N–H and O–H groups in total. The predicted octanol–water partition coefficient (Wildman–Crippen LogP) is 1.90. The molecule has 0 saturated carbocycles. The van der Waals surface area contributed by atoms with E-state index in [0.717, 1.165) is 51.8 Å². The maximum absolute atomic E-state index is 12.7. The van der Waals surface area contributed by atoms with Gasteiger partial charge in [-0.3, -0.25) is 4.79 Å². The van der Waals surface area contributed by atoms with E-state index in [0.29, 0.717) is 11.3 Å². The average Bonchev–Trinajstić information content (AvgIpc) is 3.11. The number of nitrogens with zero attached hydrogens (tertiary/aromatic N) is 4. The first-order valence-corrected chi connectivity index (χ1v) is 7.99. The molecule has 4 heterocycles. The van der Waals surface area contributed by atoms with Gasteiger partial charge in [-0.05, 0) is 38.2 Å². The Kier molecular flexibility index (Phi) is 3.33. The van der Waals surface area contributed by atoms with Crippen LogP contribution in [0.4, 0.5) is 0 Å². The molecule has 6 nitrogen and oxygen atoms in total. The van der Waals surface area contributed by atoms with Crippen molar-refractivity contribution in [3.8, 4) is 0 Å². The summed E-state index contributed by atoms with van der Waals surface area (Å²) in [5.74, 6) is 0.000506. The molecule has 0 unspecified atom stereocenters. The zero-order valence-corrected chi connectivity index (χ0v) is 12.6. The highest BCUT2D eigenvalue weighted by atomic mass is 16.5. The molecule has 116 valence electrons. The monoisotopic (exact) mass is 300 g/mol. The summed E-state index contributed by atoms with van der Waals surface area (Å²) in [6.07, 6.45) is 8.78. The molecule has 2 aromatic heterocycles. The van der Waals surface area contributed by atoms with E-state index in [4.69, 9.17) is 4.74 Å². The minimum atomic E-state index is 0.000506. The van der Waals surface area contributed by atoms with E-state index in [-0.39, 0.29) is 11.5 Å². The van der Waals surface area contributed by atoms with Crippen LogP contribution < -0.4 is 0 Å². The van der Waals surface area contributed by atoms with Crippen LogP contribution in [0, 0.1) is 0 Å². The van der Waals surface area contributed by atoms with Gasteiger partial charge >= 0.3 is 0 Å². The summed E-state index contributed by atoms with van der Waals surface area (Å²) in [6.45, 7) is 2.40. The Morgan fingerprint density at radius 1 is 1.23 bits per heavy atom. The lowest BCUT2D eigenvalue weighted by molar-refractivity contribution is -0.00693. The highest BCUT2D eigenvalue weighted by Gasteiger charge is 2.37. The van der Waals surface area contributed by atoms with Crippen LogP contribution in [0.1, 0.15) is 42.6 Å². The lowest BCUT2D eigenvalue weighted by Gasteiger charge is -2.26. The van der Waals surface area contributed by atoms with E-state index in [1.165, 1.54) is 0 Å². The first-order chi connectivity index (χ1) is 10.8. The smallest absolute Gasteiger partial charge is 0.274 e. The molecule has 4 rings (SSSR count). The van der Waals surface area contributed by atoms with Crippen LogP contribution in [0.3, 0.4) is 0 Å². The number of hydrogen-bond donors (Lipinski definition) is 0. The van der Waals surface area contributed by atoms with Crippen LogP contribution in [0.2, 0.25) is 0 Å². The van der Waals surface area contributed by atoms with Crippen molar-refractivity contribution < 1.29 is 9.53 Å². The molecule has 1 atom stereocenters. The molecule has 0 aromatic carbocycles. The Labute approximate surface area is 129 Å². The fourth-order valence-corrected chi connectivity index (χ4v) is 3.62. The van der Waals surface area contributed by atoms with Gasteiger partial charge in [-0.2, -0.15) is 5.10 Å². The number of fused-ring (bicyclic) bond motifs is 1. The van der Waals surface area contributed by atoms with Gasteiger partial charge in [-0.1, -0.05) is 0 Å². The fourth-order valence-electron chi connectivity index (χ4n) is 3.62. The van der Waals surface area contributed by atoms with Crippen LogP contribution in [0.5, 0.6) is 0 Å². The second-order valence-electron chi connectivity index (χ2n) is 6.23. The van der Waals surface area contributed by atoms with Crippen molar-refractivity contribution in [1.29, 1.82) is 0 Å².